The zero-order valence-corrected chi connectivity index (χ0v) is 18.1. The maximum atomic E-state index is 12.7. The molecule has 1 saturated heterocycles. The van der Waals surface area contributed by atoms with Gasteiger partial charge >= 0.3 is 0 Å². The monoisotopic (exact) mass is 423 g/mol. The van der Waals surface area contributed by atoms with E-state index in [0.717, 1.165) is 30.8 Å². The molecule has 4 nitrogen and oxygen atoms in total. The lowest BCUT2D eigenvalue weighted by Gasteiger charge is -2.32. The molecule has 0 bridgehead atoms. The van der Waals surface area contributed by atoms with Crippen LogP contribution in [0.15, 0.2) is 54.6 Å². The van der Waals surface area contributed by atoms with Crippen LogP contribution in [0.3, 0.4) is 0 Å². The van der Waals surface area contributed by atoms with Crippen molar-refractivity contribution in [2.75, 3.05) is 26.7 Å². The zero-order chi connectivity index (χ0) is 18.4. The van der Waals surface area contributed by atoms with E-state index in [1.54, 1.807) is 0 Å². The highest BCUT2D eigenvalue weighted by Gasteiger charge is 2.25. The predicted octanol–water partition coefficient (Wildman–Crippen LogP) is 3.83. The Balaban J connectivity index is 0.00000196. The molecule has 0 aliphatic carbocycles. The van der Waals surface area contributed by atoms with E-state index >= 15 is 0 Å². The van der Waals surface area contributed by atoms with E-state index in [9.17, 15) is 4.79 Å². The first-order chi connectivity index (χ1) is 12.7. The number of amides is 1. The van der Waals surface area contributed by atoms with Crippen molar-refractivity contribution < 1.29 is 4.79 Å². The number of carbonyl (C=O) groups excluding carboxylic acids is 1. The van der Waals surface area contributed by atoms with Gasteiger partial charge in [-0.15, -0.1) is 24.8 Å². The number of hydrogen-bond acceptors (Lipinski definition) is 3. The van der Waals surface area contributed by atoms with Crippen LogP contribution in [0.2, 0.25) is 0 Å². The highest BCUT2D eigenvalue weighted by molar-refractivity contribution is 5.85. The third-order valence-electron chi connectivity index (χ3n) is 5.25. The van der Waals surface area contributed by atoms with E-state index in [2.05, 4.69) is 29.2 Å². The number of halogens is 2. The van der Waals surface area contributed by atoms with Crippen molar-refractivity contribution in [2.24, 2.45) is 5.73 Å². The number of likely N-dealkylation sites (tertiary alicyclic amines) is 1. The first-order valence-electron chi connectivity index (χ1n) is 9.48. The minimum Gasteiger partial charge on any atom is -0.344 e. The fourth-order valence-electron chi connectivity index (χ4n) is 3.62. The topological polar surface area (TPSA) is 49.6 Å². The highest BCUT2D eigenvalue weighted by Crippen LogP contribution is 2.26. The smallest absolute Gasteiger partial charge is 0.226 e. The molecule has 1 fully saturated rings. The lowest BCUT2D eigenvalue weighted by atomic mass is 10.0. The van der Waals surface area contributed by atoms with E-state index in [4.69, 9.17) is 5.73 Å². The molecule has 0 spiro atoms. The first-order valence-corrected chi connectivity index (χ1v) is 9.48. The average Bonchev–Trinajstić information content (AvgIpc) is 3.21. The third-order valence-corrected chi connectivity index (χ3v) is 5.25. The Morgan fingerprint density at radius 1 is 1.00 bits per heavy atom. The number of carbonyl (C=O) groups is 1. The Bertz CT molecular complexity index is 703. The molecular formula is C22H31Cl2N3O. The summed E-state index contributed by atoms with van der Waals surface area (Å²) in [6.45, 7) is 3.48. The van der Waals surface area contributed by atoms with Gasteiger partial charge in [0.25, 0.3) is 0 Å². The molecule has 1 amide bonds. The zero-order valence-electron chi connectivity index (χ0n) is 16.4. The van der Waals surface area contributed by atoms with Crippen molar-refractivity contribution in [3.63, 3.8) is 0 Å². The van der Waals surface area contributed by atoms with E-state index in [1.165, 1.54) is 18.4 Å². The quantitative estimate of drug-likeness (QED) is 0.735. The van der Waals surface area contributed by atoms with Crippen LogP contribution >= 0.6 is 24.8 Å². The second-order valence-electron chi connectivity index (χ2n) is 7.14. The Morgan fingerprint density at radius 2 is 1.57 bits per heavy atom. The molecule has 154 valence electrons. The number of nitrogens with two attached hydrogens (primary N) is 1. The number of likely N-dealkylation sites (N-methyl/N-ethyl adjacent to an activating group) is 1. The summed E-state index contributed by atoms with van der Waals surface area (Å²) in [6.07, 6.45) is 2.92. The summed E-state index contributed by atoms with van der Waals surface area (Å²) in [4.78, 5) is 17.1. The van der Waals surface area contributed by atoms with Gasteiger partial charge in [-0.2, -0.15) is 0 Å². The van der Waals surface area contributed by atoms with Crippen LogP contribution in [0.5, 0.6) is 0 Å². The molecule has 2 aromatic rings. The highest BCUT2D eigenvalue weighted by atomic mass is 35.5. The van der Waals surface area contributed by atoms with Gasteiger partial charge in [0.2, 0.25) is 5.91 Å². The second-order valence-corrected chi connectivity index (χ2v) is 7.14. The molecule has 0 aromatic heterocycles. The van der Waals surface area contributed by atoms with Gasteiger partial charge in [0, 0.05) is 20.1 Å². The molecular weight excluding hydrogens is 393 g/mol. The lowest BCUT2D eigenvalue weighted by molar-refractivity contribution is -0.129. The van der Waals surface area contributed by atoms with E-state index < -0.39 is 0 Å². The minimum absolute atomic E-state index is 0. The molecule has 1 atom stereocenters. The van der Waals surface area contributed by atoms with Crippen LogP contribution in [0, 0.1) is 0 Å². The maximum Gasteiger partial charge on any atom is 0.226 e. The fourth-order valence-corrected chi connectivity index (χ4v) is 3.62. The Morgan fingerprint density at radius 3 is 2.14 bits per heavy atom. The van der Waals surface area contributed by atoms with Crippen LogP contribution in [-0.4, -0.2) is 42.4 Å². The van der Waals surface area contributed by atoms with Gasteiger partial charge in [-0.1, -0.05) is 54.6 Å². The van der Waals surface area contributed by atoms with Crippen molar-refractivity contribution >= 4 is 30.7 Å². The normalized spacial score (nSPS) is 14.6. The van der Waals surface area contributed by atoms with Crippen molar-refractivity contribution in [1.29, 1.82) is 0 Å². The summed E-state index contributed by atoms with van der Waals surface area (Å²) < 4.78 is 0. The molecule has 0 saturated carbocycles. The molecule has 2 aromatic carbocycles. The molecule has 3 rings (SSSR count). The van der Waals surface area contributed by atoms with Crippen LogP contribution in [0.4, 0.5) is 0 Å². The predicted molar refractivity (Wildman–Crippen MR) is 120 cm³/mol. The SMILES string of the molecule is CN(CC(c1ccccc1)N1CCCC1)C(=O)Cc1ccc(CN)cc1.Cl.Cl. The van der Waals surface area contributed by atoms with Gasteiger partial charge in [-0.3, -0.25) is 9.69 Å². The van der Waals surface area contributed by atoms with Crippen molar-refractivity contribution in [1.82, 2.24) is 9.80 Å². The van der Waals surface area contributed by atoms with Crippen molar-refractivity contribution in [3.8, 4) is 0 Å². The van der Waals surface area contributed by atoms with Crippen LogP contribution in [0.25, 0.3) is 0 Å². The van der Waals surface area contributed by atoms with E-state index in [0.29, 0.717) is 13.0 Å². The molecule has 2 N–H and O–H groups in total. The summed E-state index contributed by atoms with van der Waals surface area (Å²) in [6, 6.07) is 18.8. The van der Waals surface area contributed by atoms with E-state index in [-0.39, 0.29) is 36.8 Å². The van der Waals surface area contributed by atoms with Crippen LogP contribution in [0.1, 0.15) is 35.6 Å². The van der Waals surface area contributed by atoms with Gasteiger partial charge < -0.3 is 10.6 Å². The summed E-state index contributed by atoms with van der Waals surface area (Å²) in [5, 5.41) is 0. The number of nitrogens with zero attached hydrogens (tertiary/aromatic N) is 2. The number of rotatable bonds is 7. The third kappa shape index (κ3) is 6.49. The van der Waals surface area contributed by atoms with Crippen LogP contribution in [-0.2, 0) is 17.8 Å². The Hall–Kier alpha value is -1.59. The first kappa shape index (κ1) is 24.4. The molecule has 6 heteroatoms. The van der Waals surface area contributed by atoms with E-state index in [1.807, 2.05) is 42.3 Å². The standard InChI is InChI=1S/C22H29N3O.2ClH/c1-24(22(26)15-18-9-11-19(16-23)12-10-18)17-21(25-13-5-6-14-25)20-7-3-2-4-8-20;;/h2-4,7-12,21H,5-6,13-17,23H2,1H3;2*1H. The lowest BCUT2D eigenvalue weighted by Crippen LogP contribution is -2.38. The molecule has 1 aliphatic rings. The fraction of sp³-hybridized carbons (Fsp3) is 0.409. The molecule has 1 heterocycles. The molecule has 28 heavy (non-hydrogen) atoms. The second kappa shape index (κ2) is 12.1. The number of benzene rings is 2. The van der Waals surface area contributed by atoms with Gasteiger partial charge in [-0.05, 0) is 42.6 Å². The molecule has 1 aliphatic heterocycles. The largest absolute Gasteiger partial charge is 0.344 e. The van der Waals surface area contributed by atoms with Gasteiger partial charge in [0.1, 0.15) is 0 Å². The summed E-state index contributed by atoms with van der Waals surface area (Å²) >= 11 is 0. The van der Waals surface area contributed by atoms with Gasteiger partial charge in [0.05, 0.1) is 12.5 Å². The van der Waals surface area contributed by atoms with Crippen molar-refractivity contribution in [2.45, 2.75) is 31.8 Å². The van der Waals surface area contributed by atoms with Gasteiger partial charge in [0.15, 0.2) is 0 Å². The summed E-state index contributed by atoms with van der Waals surface area (Å²) in [7, 11) is 1.92. The Kier molecular flexibility index (Phi) is 10.5. The molecule has 0 radical (unpaired) electrons. The van der Waals surface area contributed by atoms with Crippen molar-refractivity contribution in [3.05, 3.63) is 71.3 Å². The van der Waals surface area contributed by atoms with Crippen LogP contribution < -0.4 is 5.73 Å². The maximum absolute atomic E-state index is 12.7. The minimum atomic E-state index is 0. The number of hydrogen-bond donors (Lipinski definition) is 1. The Labute approximate surface area is 180 Å². The summed E-state index contributed by atoms with van der Waals surface area (Å²) in [5.41, 5.74) is 9.06. The average molecular weight is 424 g/mol. The van der Waals surface area contributed by atoms with Gasteiger partial charge in [-0.25, -0.2) is 0 Å². The summed E-state index contributed by atoms with van der Waals surface area (Å²) in [5.74, 6) is 0.158. The molecule has 1 unspecified atom stereocenters.